The summed E-state index contributed by atoms with van der Waals surface area (Å²) in [6, 6.07) is 0. The van der Waals surface area contributed by atoms with Crippen LogP contribution in [0.25, 0.3) is 0 Å². The van der Waals surface area contributed by atoms with E-state index in [1.165, 1.54) is 0 Å². The molecule has 0 amide bonds. The van der Waals surface area contributed by atoms with Crippen LogP contribution in [0.3, 0.4) is 0 Å². The Bertz CT molecular complexity index is 305. The minimum atomic E-state index is -3.35. The second-order valence-corrected chi connectivity index (χ2v) is 10.6. The summed E-state index contributed by atoms with van der Waals surface area (Å²) in [7, 11) is -3.35. The van der Waals surface area contributed by atoms with Gasteiger partial charge in [0.15, 0.2) is 15.6 Å². The van der Waals surface area contributed by atoms with E-state index in [1.54, 1.807) is 22.6 Å². The highest BCUT2D eigenvalue weighted by Crippen LogP contribution is 2.43. The summed E-state index contributed by atoms with van der Waals surface area (Å²) in [6.45, 7) is 0. The van der Waals surface area contributed by atoms with Crippen molar-refractivity contribution in [1.29, 1.82) is 0 Å². The van der Waals surface area contributed by atoms with E-state index in [4.69, 9.17) is 0 Å². The van der Waals surface area contributed by atoms with Gasteiger partial charge in [0.1, 0.15) is 0 Å². The molecule has 70 valence electrons. The lowest BCUT2D eigenvalue weighted by Crippen LogP contribution is -2.34. The summed E-state index contributed by atoms with van der Waals surface area (Å²) >= 11 is 4.60. The molecule has 0 aromatic heterocycles. The van der Waals surface area contributed by atoms with E-state index in [0.29, 0.717) is 0 Å². The summed E-state index contributed by atoms with van der Waals surface area (Å²) in [4.78, 5) is 11.4. The van der Waals surface area contributed by atoms with E-state index in [-0.39, 0.29) is 11.7 Å². The average molecular weight is 367 g/mol. The first-order chi connectivity index (χ1) is 5.27. The number of alkyl halides is 2. The monoisotopic (exact) mass is 366 g/mol. The molecule has 0 N–H and O–H groups in total. The number of carbonyl (C=O) groups excluding carboxylic acids is 1. The van der Waals surface area contributed by atoms with Crippen molar-refractivity contribution >= 4 is 54.1 Å². The Morgan fingerprint density at radius 1 is 1.58 bits per heavy atom. The minimum Gasteiger partial charge on any atom is -0.296 e. The highest BCUT2D eigenvalue weighted by atomic mass is 127. The molecule has 0 aromatic rings. The van der Waals surface area contributed by atoms with E-state index in [0.717, 1.165) is 19.1 Å². The third-order valence-corrected chi connectivity index (χ3v) is 7.92. The molecular weight excluding hydrogens is 359 g/mol. The summed E-state index contributed by atoms with van der Waals surface area (Å²) in [5.41, 5.74) is 0. The lowest BCUT2D eigenvalue weighted by Gasteiger charge is -2.15. The van der Waals surface area contributed by atoms with Gasteiger partial charge >= 0.3 is 0 Å². The number of rotatable bonds is 3. The predicted octanol–water partition coefficient (Wildman–Crippen LogP) is 1.49. The lowest BCUT2D eigenvalue weighted by atomic mass is 10.3. The summed E-state index contributed by atoms with van der Waals surface area (Å²) in [5.74, 6) is -0.262. The molecule has 1 aliphatic rings. The lowest BCUT2D eigenvalue weighted by molar-refractivity contribution is -0.118. The summed E-state index contributed by atoms with van der Waals surface area (Å²) < 4.78 is 20.9. The van der Waals surface area contributed by atoms with Crippen LogP contribution in [0.1, 0.15) is 12.8 Å². The number of hydrogen-bond donors (Lipinski definition) is 0. The van der Waals surface area contributed by atoms with Gasteiger partial charge in [-0.1, -0.05) is 0 Å². The van der Waals surface area contributed by atoms with Crippen LogP contribution in [-0.2, 0) is 14.6 Å². The van der Waals surface area contributed by atoms with Gasteiger partial charge in [-0.15, -0.1) is 0 Å². The number of sulfone groups is 1. The average Bonchev–Trinajstić information content (AvgIpc) is 2.64. The topological polar surface area (TPSA) is 51.2 Å². The molecular formula is C6H8BrIO3S. The smallest absolute Gasteiger partial charge is 0.234 e. The maximum absolute atomic E-state index is 11.4. The minimum absolute atomic E-state index is 0.0454. The number of Topliss-reactive ketones (excluding diaryl/α,β-unsaturated/α-hetero) is 1. The molecule has 3 nitrogen and oxygen atoms in total. The Morgan fingerprint density at radius 2 is 2.00 bits per heavy atom. The van der Waals surface area contributed by atoms with Gasteiger partial charge in [0, 0.05) is 12.2 Å². The molecule has 0 bridgehead atoms. The largest absolute Gasteiger partial charge is 0.296 e. The zero-order chi connectivity index (χ0) is 9.57. The molecule has 0 aliphatic heterocycles. The zero-order valence-corrected chi connectivity index (χ0v) is 10.9. The molecule has 1 rings (SSSR count). The molecule has 0 spiro atoms. The summed E-state index contributed by atoms with van der Waals surface area (Å²) in [5, 5.41) is 0. The molecule has 12 heavy (non-hydrogen) atoms. The van der Waals surface area contributed by atoms with E-state index in [1.807, 2.05) is 0 Å². The van der Waals surface area contributed by atoms with Crippen LogP contribution in [0, 0.1) is 5.92 Å². The molecule has 0 saturated heterocycles. The summed E-state index contributed by atoms with van der Waals surface area (Å²) in [6.07, 6.45) is 2.71. The van der Waals surface area contributed by atoms with Gasteiger partial charge in [-0.2, -0.15) is 0 Å². The molecule has 0 radical (unpaired) electrons. The normalized spacial score (nSPS) is 23.2. The van der Waals surface area contributed by atoms with Crippen LogP contribution in [0.15, 0.2) is 0 Å². The second kappa shape index (κ2) is 3.20. The van der Waals surface area contributed by atoms with E-state index < -0.39 is 11.5 Å². The fourth-order valence-electron chi connectivity index (χ4n) is 0.766. The van der Waals surface area contributed by atoms with Gasteiger partial charge in [-0.25, -0.2) is 8.42 Å². The maximum atomic E-state index is 11.4. The van der Waals surface area contributed by atoms with Crippen molar-refractivity contribution < 1.29 is 13.2 Å². The molecule has 0 unspecified atom stereocenters. The number of halogens is 2. The van der Waals surface area contributed by atoms with Crippen molar-refractivity contribution in [2.75, 3.05) is 6.26 Å². The van der Waals surface area contributed by atoms with Crippen LogP contribution in [0.4, 0.5) is 0 Å². The van der Waals surface area contributed by atoms with Gasteiger partial charge in [0.05, 0.1) is 0 Å². The Hall–Kier alpha value is 0.830. The first-order valence-electron chi connectivity index (χ1n) is 3.38. The number of hydrogen-bond acceptors (Lipinski definition) is 3. The van der Waals surface area contributed by atoms with Gasteiger partial charge in [-0.05, 0) is 51.4 Å². The zero-order valence-electron chi connectivity index (χ0n) is 6.38. The number of carbonyl (C=O) groups is 1. The highest BCUT2D eigenvalue weighted by molar-refractivity contribution is 14.1. The molecule has 6 heteroatoms. The fourth-order valence-corrected chi connectivity index (χ4v) is 2.06. The Labute approximate surface area is 93.5 Å². The Balaban J connectivity index is 2.91. The van der Waals surface area contributed by atoms with E-state index >= 15 is 0 Å². The van der Waals surface area contributed by atoms with Crippen molar-refractivity contribution in [2.24, 2.45) is 5.92 Å². The van der Waals surface area contributed by atoms with Crippen molar-refractivity contribution in [3.63, 3.8) is 0 Å². The van der Waals surface area contributed by atoms with Crippen LogP contribution >= 0.6 is 38.5 Å². The van der Waals surface area contributed by atoms with Crippen LogP contribution in [0.5, 0.6) is 0 Å². The van der Waals surface area contributed by atoms with Gasteiger partial charge in [0.2, 0.25) is 1.66 Å². The molecule has 0 heterocycles. The SMILES string of the molecule is CS(=O)(=O)[C@](Br)(I)C(=O)C1CC1. The maximum Gasteiger partial charge on any atom is 0.234 e. The molecule has 1 aliphatic carbocycles. The van der Waals surface area contributed by atoms with Crippen molar-refractivity contribution in [2.45, 2.75) is 14.5 Å². The van der Waals surface area contributed by atoms with Crippen molar-refractivity contribution in [1.82, 2.24) is 0 Å². The number of ketones is 1. The van der Waals surface area contributed by atoms with E-state index in [2.05, 4.69) is 15.9 Å². The van der Waals surface area contributed by atoms with Crippen molar-refractivity contribution in [3.8, 4) is 0 Å². The molecule has 1 saturated carbocycles. The Kier molecular flexibility index (Phi) is 2.91. The fraction of sp³-hybridized carbons (Fsp3) is 0.833. The van der Waals surface area contributed by atoms with Crippen LogP contribution < -0.4 is 0 Å². The first-order valence-corrected chi connectivity index (χ1v) is 7.15. The van der Waals surface area contributed by atoms with E-state index in [9.17, 15) is 13.2 Å². The molecule has 0 aromatic carbocycles. The molecule has 1 atom stereocenters. The molecule has 1 fully saturated rings. The third-order valence-electron chi connectivity index (χ3n) is 1.70. The van der Waals surface area contributed by atoms with Gasteiger partial charge in [-0.3, -0.25) is 4.79 Å². The first kappa shape index (κ1) is 10.9. The second-order valence-electron chi connectivity index (χ2n) is 2.93. The van der Waals surface area contributed by atoms with Crippen LogP contribution in [-0.4, -0.2) is 22.1 Å². The quantitative estimate of drug-likeness (QED) is 0.561. The highest BCUT2D eigenvalue weighted by Gasteiger charge is 2.49. The third kappa shape index (κ3) is 2.01. The Morgan fingerprint density at radius 3 is 2.25 bits per heavy atom. The van der Waals surface area contributed by atoms with Gasteiger partial charge in [0.25, 0.3) is 0 Å². The van der Waals surface area contributed by atoms with Crippen LogP contribution in [0.2, 0.25) is 0 Å². The van der Waals surface area contributed by atoms with Crippen molar-refractivity contribution in [3.05, 3.63) is 0 Å². The van der Waals surface area contributed by atoms with Gasteiger partial charge < -0.3 is 0 Å². The predicted molar refractivity (Wildman–Crippen MR) is 58.3 cm³/mol. The standard InChI is InChI=1S/C6H8BrIO3S/c1-12(10,11)6(7,8)5(9)4-2-3-4/h4H,2-3H2,1H3/t6-/m1/s1.